The quantitative estimate of drug-likeness (QED) is 0.529. The van der Waals surface area contributed by atoms with E-state index in [1.54, 1.807) is 0 Å². The molecule has 0 saturated heterocycles. The van der Waals surface area contributed by atoms with E-state index in [9.17, 15) is 0 Å². The van der Waals surface area contributed by atoms with E-state index in [0.29, 0.717) is 0 Å². The summed E-state index contributed by atoms with van der Waals surface area (Å²) in [6.07, 6.45) is 3.84. The lowest BCUT2D eigenvalue weighted by atomic mass is 9.90. The van der Waals surface area contributed by atoms with E-state index in [0.717, 1.165) is 12.8 Å². The minimum Gasteiger partial charge on any atom is -0.103 e. The number of hydrogen-bond donors (Lipinski definition) is 0. The third-order valence-electron chi connectivity index (χ3n) is 3.95. The van der Waals surface area contributed by atoms with Gasteiger partial charge >= 0.3 is 0 Å². The van der Waals surface area contributed by atoms with Crippen molar-refractivity contribution in [3.05, 3.63) is 108 Å². The highest BCUT2D eigenvalue weighted by atomic mass is 14.1. The fourth-order valence-electron chi connectivity index (χ4n) is 2.88. The lowest BCUT2D eigenvalue weighted by Gasteiger charge is -2.15. The first-order chi connectivity index (χ1) is 10.9. The molecular weight excluding hydrogens is 264 g/mol. The predicted octanol–water partition coefficient (Wildman–Crippen LogP) is 5.67. The zero-order valence-electron chi connectivity index (χ0n) is 12.7. The van der Waals surface area contributed by atoms with Crippen LogP contribution in [0.3, 0.4) is 0 Å². The van der Waals surface area contributed by atoms with Gasteiger partial charge in [0.1, 0.15) is 0 Å². The Morgan fingerprint density at radius 2 is 1.41 bits per heavy atom. The molecule has 0 N–H and O–H groups in total. The maximum atomic E-state index is 3.91. The van der Waals surface area contributed by atoms with Gasteiger partial charge < -0.3 is 0 Å². The lowest BCUT2D eigenvalue weighted by molar-refractivity contribution is 1.12. The Kier molecular flexibility index (Phi) is 4.50. The van der Waals surface area contributed by atoms with Gasteiger partial charge in [-0.3, -0.25) is 0 Å². The zero-order valence-corrected chi connectivity index (χ0v) is 12.7. The van der Waals surface area contributed by atoms with Crippen LogP contribution in [0.15, 0.2) is 91.5 Å². The highest BCUT2D eigenvalue weighted by Crippen LogP contribution is 2.29. The summed E-state index contributed by atoms with van der Waals surface area (Å²) in [4.78, 5) is 0. The van der Waals surface area contributed by atoms with Crippen LogP contribution < -0.4 is 0 Å². The second-order valence-electron chi connectivity index (χ2n) is 5.46. The molecule has 3 aromatic carbocycles. The molecule has 0 nitrogen and oxygen atoms in total. The van der Waals surface area contributed by atoms with Crippen molar-refractivity contribution >= 4 is 0 Å². The largest absolute Gasteiger partial charge is 0.103 e. The number of hydrogen-bond acceptors (Lipinski definition) is 0. The van der Waals surface area contributed by atoms with Crippen LogP contribution in [0.5, 0.6) is 0 Å². The van der Waals surface area contributed by atoms with Gasteiger partial charge in [0.05, 0.1) is 0 Å². The SMILES string of the molecule is C=CCc1cccc(-c2ccccc2)c1Cc1ccccc1. The Hall–Kier alpha value is -2.60. The van der Waals surface area contributed by atoms with E-state index in [4.69, 9.17) is 0 Å². The molecule has 0 amide bonds. The molecule has 0 aromatic heterocycles. The number of benzene rings is 3. The second-order valence-corrected chi connectivity index (χ2v) is 5.46. The van der Waals surface area contributed by atoms with E-state index >= 15 is 0 Å². The molecule has 0 atom stereocenters. The Bertz CT molecular complexity index is 740. The fourth-order valence-corrected chi connectivity index (χ4v) is 2.88. The molecule has 22 heavy (non-hydrogen) atoms. The van der Waals surface area contributed by atoms with Crippen molar-refractivity contribution in [2.75, 3.05) is 0 Å². The molecule has 0 heterocycles. The minimum absolute atomic E-state index is 0.906. The average Bonchev–Trinajstić information content (AvgIpc) is 2.58. The average molecular weight is 284 g/mol. The summed E-state index contributed by atoms with van der Waals surface area (Å²) in [6.45, 7) is 3.91. The van der Waals surface area contributed by atoms with Crippen LogP contribution in [-0.4, -0.2) is 0 Å². The first kappa shape index (κ1) is 14.3. The van der Waals surface area contributed by atoms with Crippen molar-refractivity contribution in [3.63, 3.8) is 0 Å². The molecule has 0 fully saturated rings. The fraction of sp³-hybridized carbons (Fsp3) is 0.0909. The molecule has 3 aromatic rings. The van der Waals surface area contributed by atoms with Gasteiger partial charge in [-0.25, -0.2) is 0 Å². The molecule has 0 saturated carbocycles. The van der Waals surface area contributed by atoms with E-state index in [1.807, 2.05) is 6.08 Å². The van der Waals surface area contributed by atoms with Crippen LogP contribution in [-0.2, 0) is 12.8 Å². The van der Waals surface area contributed by atoms with Gasteiger partial charge in [-0.15, -0.1) is 6.58 Å². The summed E-state index contributed by atoms with van der Waals surface area (Å²) in [6, 6.07) is 27.9. The summed E-state index contributed by atoms with van der Waals surface area (Å²) in [5.41, 5.74) is 6.71. The molecule has 108 valence electrons. The van der Waals surface area contributed by atoms with Crippen molar-refractivity contribution in [2.24, 2.45) is 0 Å². The van der Waals surface area contributed by atoms with E-state index in [-0.39, 0.29) is 0 Å². The lowest BCUT2D eigenvalue weighted by Crippen LogP contribution is -1.98. The van der Waals surface area contributed by atoms with Gasteiger partial charge in [0, 0.05) is 0 Å². The van der Waals surface area contributed by atoms with Gasteiger partial charge in [0.25, 0.3) is 0 Å². The van der Waals surface area contributed by atoms with Crippen molar-refractivity contribution in [3.8, 4) is 11.1 Å². The summed E-state index contributed by atoms with van der Waals surface area (Å²) >= 11 is 0. The molecule has 0 radical (unpaired) electrons. The van der Waals surface area contributed by atoms with Crippen LogP contribution in [0.25, 0.3) is 11.1 Å². The maximum absolute atomic E-state index is 3.91. The van der Waals surface area contributed by atoms with E-state index in [1.165, 1.54) is 27.8 Å². The first-order valence-corrected chi connectivity index (χ1v) is 7.69. The van der Waals surface area contributed by atoms with Gasteiger partial charge in [-0.05, 0) is 40.7 Å². The molecule has 0 aliphatic rings. The Balaban J connectivity index is 2.09. The molecule has 0 bridgehead atoms. The monoisotopic (exact) mass is 284 g/mol. The summed E-state index contributed by atoms with van der Waals surface area (Å²) < 4.78 is 0. The summed E-state index contributed by atoms with van der Waals surface area (Å²) in [5.74, 6) is 0. The molecule has 0 spiro atoms. The van der Waals surface area contributed by atoms with Crippen molar-refractivity contribution in [1.82, 2.24) is 0 Å². The van der Waals surface area contributed by atoms with E-state index in [2.05, 4.69) is 85.4 Å². The highest BCUT2D eigenvalue weighted by Gasteiger charge is 2.10. The van der Waals surface area contributed by atoms with Gasteiger partial charge in [-0.2, -0.15) is 0 Å². The van der Waals surface area contributed by atoms with Crippen LogP contribution in [0.4, 0.5) is 0 Å². The summed E-state index contributed by atoms with van der Waals surface area (Å²) in [7, 11) is 0. The molecule has 0 aliphatic carbocycles. The van der Waals surface area contributed by atoms with Gasteiger partial charge in [0.2, 0.25) is 0 Å². The van der Waals surface area contributed by atoms with Crippen LogP contribution in [0.2, 0.25) is 0 Å². The Labute approximate surface area is 132 Å². The Morgan fingerprint density at radius 3 is 2.09 bits per heavy atom. The minimum atomic E-state index is 0.906. The van der Waals surface area contributed by atoms with Crippen molar-refractivity contribution < 1.29 is 0 Å². The smallest absolute Gasteiger partial charge is 0.00168 e. The van der Waals surface area contributed by atoms with Crippen molar-refractivity contribution in [2.45, 2.75) is 12.8 Å². The number of rotatable bonds is 5. The molecule has 0 unspecified atom stereocenters. The predicted molar refractivity (Wildman–Crippen MR) is 95.0 cm³/mol. The molecule has 0 aliphatic heterocycles. The summed E-state index contributed by atoms with van der Waals surface area (Å²) in [5, 5.41) is 0. The number of allylic oxidation sites excluding steroid dienone is 1. The zero-order chi connectivity index (χ0) is 15.2. The normalized spacial score (nSPS) is 10.4. The third kappa shape index (κ3) is 3.17. The van der Waals surface area contributed by atoms with Gasteiger partial charge in [-0.1, -0.05) is 84.9 Å². The highest BCUT2D eigenvalue weighted by molar-refractivity contribution is 5.69. The molecular formula is C22H20. The maximum Gasteiger partial charge on any atom is -0.00168 e. The van der Waals surface area contributed by atoms with Crippen LogP contribution in [0, 0.1) is 0 Å². The standard InChI is InChI=1S/C22H20/c1-2-10-19-15-9-16-21(20-13-7-4-8-14-20)22(19)17-18-11-5-3-6-12-18/h2-9,11-16H,1,10,17H2. The van der Waals surface area contributed by atoms with Crippen LogP contribution in [0.1, 0.15) is 16.7 Å². The van der Waals surface area contributed by atoms with Crippen LogP contribution >= 0.6 is 0 Å². The second kappa shape index (κ2) is 6.91. The van der Waals surface area contributed by atoms with Gasteiger partial charge in [0.15, 0.2) is 0 Å². The molecule has 3 rings (SSSR count). The van der Waals surface area contributed by atoms with E-state index < -0.39 is 0 Å². The Morgan fingerprint density at radius 1 is 0.727 bits per heavy atom. The van der Waals surface area contributed by atoms with Crippen molar-refractivity contribution in [1.29, 1.82) is 0 Å². The third-order valence-corrected chi connectivity index (χ3v) is 3.95. The molecule has 0 heteroatoms. The first-order valence-electron chi connectivity index (χ1n) is 7.69. The topological polar surface area (TPSA) is 0 Å².